The number of oxazole rings is 1. The minimum atomic E-state index is -2.78. The SMILES string of the molecule is c1ccc(CC2(c3ccc4c(c3)c3cccc5c3n4[B-]3(Oc4ccc6ccccc6c4-c4c(ccc6ccccc46)O3)[n+]3c-5oc4ccccc43)Oc3ccc4ccccc4c3-c3c(ccc4ccccc34)O2)cc1. The van der Waals surface area contributed by atoms with Crippen molar-refractivity contribution in [2.75, 3.05) is 0 Å². The van der Waals surface area contributed by atoms with E-state index < -0.39 is 12.6 Å². The summed E-state index contributed by atoms with van der Waals surface area (Å²) in [5, 5.41) is 10.8. The zero-order chi connectivity index (χ0) is 49.0. The quantitative estimate of drug-likeness (QED) is 0.165. The van der Waals surface area contributed by atoms with E-state index in [2.05, 4.69) is 227 Å². The maximum atomic E-state index is 7.90. The Labute approximate surface area is 429 Å². The Kier molecular flexibility index (Phi) is 8.10. The monoisotopic (exact) mass is 964 g/mol. The highest BCUT2D eigenvalue weighted by Crippen LogP contribution is 2.54. The smallest absolute Gasteiger partial charge is 0.601 e. The van der Waals surface area contributed by atoms with Gasteiger partial charge in [-0.05, 0) is 103 Å². The Balaban J connectivity index is 0.968. The van der Waals surface area contributed by atoms with E-state index in [1.807, 2.05) is 18.2 Å². The molecule has 8 heteroatoms. The number of aromatic nitrogens is 2. The molecule has 0 unspecified atom stereocenters. The highest BCUT2D eigenvalue weighted by Gasteiger charge is 2.60. The van der Waals surface area contributed by atoms with Gasteiger partial charge in [-0.15, -0.1) is 0 Å². The number of para-hydroxylation sites is 3. The molecule has 14 aromatic rings. The molecule has 0 aliphatic carbocycles. The van der Waals surface area contributed by atoms with Gasteiger partial charge in [-0.1, -0.05) is 176 Å². The van der Waals surface area contributed by atoms with Crippen LogP contribution in [0.2, 0.25) is 0 Å². The van der Waals surface area contributed by atoms with Gasteiger partial charge in [0.05, 0.1) is 17.9 Å². The van der Waals surface area contributed by atoms with E-state index in [0.29, 0.717) is 23.8 Å². The van der Waals surface area contributed by atoms with Gasteiger partial charge in [0.2, 0.25) is 5.52 Å². The molecule has 7 nitrogen and oxygen atoms in total. The molecule has 3 aliphatic heterocycles. The van der Waals surface area contributed by atoms with E-state index in [4.69, 9.17) is 23.2 Å². The second-order valence-electron chi connectivity index (χ2n) is 20.2. The summed E-state index contributed by atoms with van der Waals surface area (Å²) in [6, 6.07) is 83.1. The van der Waals surface area contributed by atoms with Crippen LogP contribution in [0.5, 0.6) is 23.0 Å². The van der Waals surface area contributed by atoms with E-state index >= 15 is 0 Å². The fraction of sp³-hybridized carbons (Fsp3) is 0.0299. The van der Waals surface area contributed by atoms with Gasteiger partial charge in [-0.25, -0.2) is 0 Å². The molecule has 352 valence electrons. The molecule has 17 rings (SSSR count). The van der Waals surface area contributed by atoms with Crippen LogP contribution in [0.15, 0.2) is 241 Å². The molecule has 2 aromatic heterocycles. The van der Waals surface area contributed by atoms with Crippen LogP contribution in [-0.2, 0) is 12.2 Å². The van der Waals surface area contributed by atoms with Crippen molar-refractivity contribution in [3.05, 3.63) is 248 Å². The van der Waals surface area contributed by atoms with Crippen LogP contribution in [0, 0.1) is 0 Å². The number of hydrogen-bond donors (Lipinski definition) is 0. The summed E-state index contributed by atoms with van der Waals surface area (Å²) >= 11 is 0. The summed E-state index contributed by atoms with van der Waals surface area (Å²) in [4.78, 5) is 0. The van der Waals surface area contributed by atoms with Crippen LogP contribution < -0.4 is 23.3 Å². The first-order chi connectivity index (χ1) is 37.1. The first kappa shape index (κ1) is 40.8. The highest BCUT2D eigenvalue weighted by atomic mass is 16.7. The molecular weight excluding hydrogens is 924 g/mol. The lowest BCUT2D eigenvalue weighted by Gasteiger charge is -2.38. The molecule has 0 atom stereocenters. The summed E-state index contributed by atoms with van der Waals surface area (Å²) in [5.41, 5.74) is 10.2. The predicted octanol–water partition coefficient (Wildman–Crippen LogP) is 15.9. The van der Waals surface area contributed by atoms with Crippen LogP contribution in [0.3, 0.4) is 0 Å². The lowest BCUT2D eigenvalue weighted by molar-refractivity contribution is -0.539. The van der Waals surface area contributed by atoms with Crippen molar-refractivity contribution < 1.29 is 27.7 Å². The molecule has 0 saturated carbocycles. The molecule has 12 aromatic carbocycles. The third-order valence-electron chi connectivity index (χ3n) is 16.1. The van der Waals surface area contributed by atoms with Gasteiger partial charge < -0.3 is 27.7 Å². The molecule has 0 saturated heterocycles. The molecule has 5 heterocycles. The maximum absolute atomic E-state index is 7.90. The summed E-state index contributed by atoms with van der Waals surface area (Å²) in [7, 11) is 0. The fourth-order valence-electron chi connectivity index (χ4n) is 13.0. The zero-order valence-corrected chi connectivity index (χ0v) is 40.2. The van der Waals surface area contributed by atoms with Crippen molar-refractivity contribution in [2.45, 2.75) is 12.2 Å². The Morgan fingerprint density at radius 3 is 1.49 bits per heavy atom. The van der Waals surface area contributed by atoms with Crippen molar-refractivity contribution in [3.63, 3.8) is 0 Å². The van der Waals surface area contributed by atoms with Gasteiger partial charge >= 0.3 is 12.7 Å². The number of ether oxygens (including phenoxy) is 2. The zero-order valence-electron chi connectivity index (χ0n) is 40.2. The standard InChI is InChI=1S/C67H41BN2O5/c1-2-15-41(16-3-1)40-67(72-57-35-29-42-17-4-8-21-47(42)61(57)62-48-22-9-5-18-43(48)30-36-58(62)73-67)46-33-34-54-53(39-46)51-25-14-26-52-65(51)69(54)68(70-55-27-12-13-28-56(55)71-66(52)70)74-59-37-31-44-19-6-10-23-49(44)63(59)64-50-24-11-7-20-45(50)32-38-60(64)75-68/h1-39H,40H2. The third-order valence-corrected chi connectivity index (χ3v) is 16.1. The molecule has 0 N–H and O–H groups in total. The summed E-state index contributed by atoms with van der Waals surface area (Å²) in [5.74, 6) is 2.20. The van der Waals surface area contributed by atoms with Gasteiger partial charge in [0.15, 0.2) is 5.58 Å². The van der Waals surface area contributed by atoms with Crippen LogP contribution in [-0.4, -0.2) is 11.3 Å². The Hall–Kier alpha value is -9.79. The van der Waals surface area contributed by atoms with Gasteiger partial charge in [0.1, 0.15) is 17.1 Å². The predicted molar refractivity (Wildman–Crippen MR) is 300 cm³/mol. The Morgan fingerprint density at radius 2 is 0.907 bits per heavy atom. The minimum Gasteiger partial charge on any atom is -0.601 e. The first-order valence-corrected chi connectivity index (χ1v) is 25.6. The van der Waals surface area contributed by atoms with Crippen molar-refractivity contribution in [1.82, 2.24) is 4.48 Å². The van der Waals surface area contributed by atoms with Crippen molar-refractivity contribution in [2.24, 2.45) is 0 Å². The van der Waals surface area contributed by atoms with E-state index in [0.717, 1.165) is 126 Å². The molecule has 75 heavy (non-hydrogen) atoms. The normalized spacial score (nSPS) is 14.6. The number of benzene rings is 12. The average Bonchev–Trinajstić information content (AvgIpc) is 3.93. The molecule has 0 amide bonds. The van der Waals surface area contributed by atoms with Gasteiger partial charge in [0, 0.05) is 55.7 Å². The molecule has 0 fully saturated rings. The largest absolute Gasteiger partial charge is 0.783 e. The molecule has 0 bridgehead atoms. The van der Waals surface area contributed by atoms with Crippen LogP contribution in [0.1, 0.15) is 11.1 Å². The fourth-order valence-corrected chi connectivity index (χ4v) is 13.0. The summed E-state index contributed by atoms with van der Waals surface area (Å²) in [6.45, 7) is -2.78. The molecule has 3 aliphatic rings. The third kappa shape index (κ3) is 5.57. The number of fused-ring (bicyclic) bond motifs is 23. The molecular formula is C67H41BN2O5. The minimum absolute atomic E-state index is 0.410. The summed E-state index contributed by atoms with van der Waals surface area (Å²) < 4.78 is 42.6. The van der Waals surface area contributed by atoms with Gasteiger partial charge in [-0.2, -0.15) is 0 Å². The summed E-state index contributed by atoms with van der Waals surface area (Å²) in [6.07, 6.45) is 0.410. The highest BCUT2D eigenvalue weighted by molar-refractivity contribution is 6.63. The van der Waals surface area contributed by atoms with E-state index in [-0.39, 0.29) is 0 Å². The van der Waals surface area contributed by atoms with Crippen LogP contribution >= 0.6 is 0 Å². The number of rotatable bonds is 3. The molecule has 0 radical (unpaired) electrons. The lowest BCUT2D eigenvalue weighted by Crippen LogP contribution is -2.78. The van der Waals surface area contributed by atoms with Crippen LogP contribution in [0.4, 0.5) is 0 Å². The van der Waals surface area contributed by atoms with Gasteiger partial charge in [0.25, 0.3) is 5.79 Å². The number of hydrogen-bond acceptors (Lipinski definition) is 5. The van der Waals surface area contributed by atoms with Crippen molar-refractivity contribution in [3.8, 4) is 56.7 Å². The van der Waals surface area contributed by atoms with Gasteiger partial charge in [-0.3, -0.25) is 4.48 Å². The van der Waals surface area contributed by atoms with E-state index in [9.17, 15) is 0 Å². The van der Waals surface area contributed by atoms with E-state index in [1.54, 1.807) is 0 Å². The molecule has 1 spiro atoms. The average molecular weight is 965 g/mol. The lowest BCUT2D eigenvalue weighted by atomic mass is 9.82. The maximum Gasteiger partial charge on any atom is 0.783 e. The second-order valence-corrected chi connectivity index (χ2v) is 20.2. The van der Waals surface area contributed by atoms with E-state index in [1.165, 1.54) is 0 Å². The van der Waals surface area contributed by atoms with Crippen molar-refractivity contribution in [1.29, 1.82) is 0 Å². The Morgan fingerprint density at radius 1 is 0.413 bits per heavy atom. The first-order valence-electron chi connectivity index (χ1n) is 25.6. The van der Waals surface area contributed by atoms with Crippen LogP contribution in [0.25, 0.3) is 110 Å². The Bertz CT molecular complexity index is 4610. The van der Waals surface area contributed by atoms with Crippen molar-refractivity contribution >= 4 is 82.8 Å². The second kappa shape index (κ2) is 14.9. The number of nitrogens with zero attached hydrogens (tertiary/aromatic N) is 2. The topological polar surface area (TPSA) is 58.9 Å².